The summed E-state index contributed by atoms with van der Waals surface area (Å²) in [7, 11) is 1.30. The average molecular weight is 608 g/mol. The van der Waals surface area contributed by atoms with Crippen molar-refractivity contribution >= 4 is 17.7 Å². The number of carbonyl (C=O) groups excluding carboxylic acids is 1. The summed E-state index contributed by atoms with van der Waals surface area (Å²) in [6, 6.07) is 6.84. The summed E-state index contributed by atoms with van der Waals surface area (Å²) in [4.78, 5) is 29.8. The largest absolute Gasteiger partial charge is 0.494 e. The number of hydrogen-bond donors (Lipinski definition) is 0. The Labute approximate surface area is 244 Å². The van der Waals surface area contributed by atoms with Crippen LogP contribution in [0.1, 0.15) is 35.2 Å². The van der Waals surface area contributed by atoms with E-state index in [-0.39, 0.29) is 34.4 Å². The molecule has 3 aromatic rings. The van der Waals surface area contributed by atoms with Crippen LogP contribution in [0.5, 0.6) is 5.75 Å². The molecule has 1 unspecified atom stereocenters. The van der Waals surface area contributed by atoms with E-state index in [1.807, 2.05) is 0 Å². The number of benzene rings is 2. The molecule has 0 N–H and O–H groups in total. The van der Waals surface area contributed by atoms with Crippen LogP contribution in [0.4, 0.5) is 22.0 Å². The fourth-order valence-corrected chi connectivity index (χ4v) is 7.19. The van der Waals surface area contributed by atoms with Gasteiger partial charge in [-0.25, -0.2) is 8.78 Å². The summed E-state index contributed by atoms with van der Waals surface area (Å²) in [5.74, 6) is -1.41. The molecule has 0 aliphatic carbocycles. The first-order chi connectivity index (χ1) is 19.9. The molecule has 1 amide bonds. The fraction of sp³-hybridized carbons (Fsp3) is 0.400. The van der Waals surface area contributed by atoms with Crippen LogP contribution in [0.3, 0.4) is 0 Å². The number of hydrogen-bond acceptors (Lipinski definition) is 5. The van der Waals surface area contributed by atoms with Gasteiger partial charge in [-0.3, -0.25) is 19.1 Å². The number of ether oxygens (including phenoxy) is 1. The molecule has 42 heavy (non-hydrogen) atoms. The summed E-state index contributed by atoms with van der Waals surface area (Å²) in [6.45, 7) is 5.84. The molecule has 2 aliphatic heterocycles. The fourth-order valence-electron chi connectivity index (χ4n) is 5.81. The Kier molecular flexibility index (Phi) is 8.39. The van der Waals surface area contributed by atoms with Gasteiger partial charge in [-0.05, 0) is 36.2 Å². The molecular formula is C30H30F5N3O3S. The summed E-state index contributed by atoms with van der Waals surface area (Å²) in [5, 5.41) is 0.452. The maximum atomic E-state index is 15.6. The van der Waals surface area contributed by atoms with E-state index in [9.17, 15) is 22.8 Å². The van der Waals surface area contributed by atoms with Gasteiger partial charge in [0.1, 0.15) is 5.82 Å². The molecule has 1 saturated heterocycles. The monoisotopic (exact) mass is 607 g/mol. The van der Waals surface area contributed by atoms with Crippen molar-refractivity contribution in [2.45, 2.75) is 37.5 Å². The van der Waals surface area contributed by atoms with Gasteiger partial charge in [0.15, 0.2) is 11.6 Å². The van der Waals surface area contributed by atoms with Crippen molar-refractivity contribution in [2.75, 3.05) is 45.6 Å². The summed E-state index contributed by atoms with van der Waals surface area (Å²) in [6.07, 6.45) is -5.22. The van der Waals surface area contributed by atoms with Gasteiger partial charge in [-0.1, -0.05) is 18.2 Å². The lowest BCUT2D eigenvalue weighted by Crippen LogP contribution is -2.49. The lowest BCUT2D eigenvalue weighted by Gasteiger charge is -2.35. The van der Waals surface area contributed by atoms with Crippen LogP contribution >= 0.6 is 11.8 Å². The van der Waals surface area contributed by atoms with E-state index in [0.29, 0.717) is 49.1 Å². The summed E-state index contributed by atoms with van der Waals surface area (Å²) in [5.41, 5.74) is -1.50. The minimum absolute atomic E-state index is 0.00365. The highest BCUT2D eigenvalue weighted by atomic mass is 32.2. The number of alkyl halides is 3. The van der Waals surface area contributed by atoms with Gasteiger partial charge < -0.3 is 9.64 Å². The number of pyridine rings is 1. The van der Waals surface area contributed by atoms with E-state index in [2.05, 4.69) is 4.90 Å². The predicted molar refractivity (Wildman–Crippen MR) is 150 cm³/mol. The Morgan fingerprint density at radius 3 is 2.38 bits per heavy atom. The van der Waals surface area contributed by atoms with Gasteiger partial charge in [-0.2, -0.15) is 13.2 Å². The number of piperazine rings is 1. The maximum absolute atomic E-state index is 15.6. The van der Waals surface area contributed by atoms with Crippen molar-refractivity contribution in [1.82, 2.24) is 14.4 Å². The molecule has 0 bridgehead atoms. The molecule has 224 valence electrons. The highest BCUT2D eigenvalue weighted by Crippen LogP contribution is 2.42. The molecule has 1 atom stereocenters. The quantitative estimate of drug-likeness (QED) is 0.345. The Balaban J connectivity index is 1.65. The zero-order valence-corrected chi connectivity index (χ0v) is 24.2. The number of halogens is 5. The van der Waals surface area contributed by atoms with Crippen molar-refractivity contribution in [2.24, 2.45) is 0 Å². The highest BCUT2D eigenvalue weighted by Gasteiger charge is 2.37. The third kappa shape index (κ3) is 5.54. The normalized spacial score (nSPS) is 17.4. The van der Waals surface area contributed by atoms with Crippen molar-refractivity contribution in [1.29, 1.82) is 0 Å². The zero-order valence-electron chi connectivity index (χ0n) is 23.4. The lowest BCUT2D eigenvalue weighted by atomic mass is 9.92. The molecule has 2 aliphatic rings. The molecule has 1 aromatic heterocycles. The summed E-state index contributed by atoms with van der Waals surface area (Å²) >= 11 is 1.33. The van der Waals surface area contributed by atoms with Gasteiger partial charge >= 0.3 is 6.18 Å². The van der Waals surface area contributed by atoms with Crippen molar-refractivity contribution < 1.29 is 31.5 Å². The van der Waals surface area contributed by atoms with Crippen LogP contribution in [0.15, 0.2) is 46.2 Å². The zero-order chi connectivity index (χ0) is 30.3. The molecular weight excluding hydrogens is 577 g/mol. The Hall–Kier alpha value is -3.38. The first kappa shape index (κ1) is 30.1. The van der Waals surface area contributed by atoms with E-state index < -0.39 is 40.9 Å². The predicted octanol–water partition coefficient (Wildman–Crippen LogP) is 5.53. The first-order valence-electron chi connectivity index (χ1n) is 13.5. The molecule has 0 spiro atoms. The van der Waals surface area contributed by atoms with E-state index in [1.54, 1.807) is 11.8 Å². The van der Waals surface area contributed by atoms with Crippen molar-refractivity contribution in [3.63, 3.8) is 0 Å². The maximum Gasteiger partial charge on any atom is 0.416 e. The minimum atomic E-state index is -4.79. The number of methoxy groups -OCH3 is 1. The minimum Gasteiger partial charge on any atom is -0.494 e. The van der Waals surface area contributed by atoms with Gasteiger partial charge in [-0.15, -0.1) is 11.8 Å². The van der Waals surface area contributed by atoms with E-state index in [4.69, 9.17) is 4.74 Å². The number of rotatable bonds is 6. The number of thioether (sulfide) groups is 1. The molecule has 5 rings (SSSR count). The van der Waals surface area contributed by atoms with E-state index >= 15 is 8.78 Å². The molecule has 6 nitrogen and oxygen atoms in total. The number of fused-ring (bicyclic) bond motifs is 1. The van der Waals surface area contributed by atoms with Crippen LogP contribution in [0, 0.1) is 18.6 Å². The number of nitrogens with zero attached hydrogens (tertiary/aromatic N) is 3. The third-order valence-corrected chi connectivity index (χ3v) is 9.30. The molecule has 3 heterocycles. The topological polar surface area (TPSA) is 54.8 Å². The number of amides is 1. The lowest BCUT2D eigenvalue weighted by molar-refractivity contribution is -0.138. The molecule has 1 fully saturated rings. The Bertz CT molecular complexity index is 1580. The number of carbonyl (C=O) groups is 1. The molecule has 12 heteroatoms. The Morgan fingerprint density at radius 1 is 1.05 bits per heavy atom. The van der Waals surface area contributed by atoms with Gasteiger partial charge in [0.2, 0.25) is 5.91 Å². The molecule has 2 aromatic carbocycles. The Morgan fingerprint density at radius 2 is 1.74 bits per heavy atom. The second-order valence-corrected chi connectivity index (χ2v) is 11.5. The van der Waals surface area contributed by atoms with Crippen LogP contribution in [-0.4, -0.2) is 65.9 Å². The molecule has 0 saturated carbocycles. The standard InChI is InChI=1S/C30H30F5N3O3S/c1-17-21(14-22-23(30(33,34)35)7-5-8-24(22)31)29-38(28(40)26(17)20-6-4-9-25(41-3)27(20)32)19(16-42-29)15-36-10-12-37(13-11-36)18(2)39/h4-9,19H,10-16H2,1-3H3. The van der Waals surface area contributed by atoms with Crippen molar-refractivity contribution in [3.05, 3.63) is 80.6 Å². The first-order valence-corrected chi connectivity index (χ1v) is 14.5. The SMILES string of the molecule is COc1cccc(-c2c(C)c(Cc3c(F)cccc3C(F)(F)F)c3n(c2=O)C(CN2CCN(C(C)=O)CC2)CS3)c1F. The third-order valence-electron chi connectivity index (χ3n) is 8.03. The molecule has 0 radical (unpaired) electrons. The second-order valence-electron chi connectivity index (χ2n) is 10.5. The smallest absolute Gasteiger partial charge is 0.416 e. The van der Waals surface area contributed by atoms with Crippen molar-refractivity contribution in [3.8, 4) is 16.9 Å². The van der Waals surface area contributed by atoms with Crippen LogP contribution in [-0.2, 0) is 17.4 Å². The van der Waals surface area contributed by atoms with Gasteiger partial charge in [0.05, 0.1) is 29.3 Å². The highest BCUT2D eigenvalue weighted by molar-refractivity contribution is 7.99. The number of aromatic nitrogens is 1. The van der Waals surface area contributed by atoms with Crippen LogP contribution in [0.2, 0.25) is 0 Å². The summed E-state index contributed by atoms with van der Waals surface area (Å²) < 4.78 is 79.0. The van der Waals surface area contributed by atoms with E-state index in [0.717, 1.165) is 18.2 Å². The average Bonchev–Trinajstić information content (AvgIpc) is 3.36. The van der Waals surface area contributed by atoms with E-state index in [1.165, 1.54) is 48.6 Å². The van der Waals surface area contributed by atoms with Crippen LogP contribution < -0.4 is 10.3 Å². The second kappa shape index (κ2) is 11.7. The van der Waals surface area contributed by atoms with Gasteiger partial charge in [0.25, 0.3) is 5.56 Å². The van der Waals surface area contributed by atoms with Crippen LogP contribution in [0.25, 0.3) is 11.1 Å². The van der Waals surface area contributed by atoms with Gasteiger partial charge in [0, 0.05) is 62.9 Å².